The summed E-state index contributed by atoms with van der Waals surface area (Å²) in [6.45, 7) is 1.45. The molecule has 1 aliphatic heterocycles. The first kappa shape index (κ1) is 22.3. The molecule has 1 aromatic heterocycles. The van der Waals surface area contributed by atoms with Crippen molar-refractivity contribution >= 4 is 11.8 Å². The van der Waals surface area contributed by atoms with Gasteiger partial charge in [0.15, 0.2) is 0 Å². The summed E-state index contributed by atoms with van der Waals surface area (Å²) in [6.07, 6.45) is 4.67. The minimum Gasteiger partial charge on any atom is -0.378 e. The first-order valence-corrected chi connectivity index (χ1v) is 11.7. The number of hydrogen-bond donors (Lipinski definition) is 1. The van der Waals surface area contributed by atoms with E-state index >= 15 is 0 Å². The van der Waals surface area contributed by atoms with Crippen molar-refractivity contribution in [3.05, 3.63) is 83.9 Å². The first-order chi connectivity index (χ1) is 16.6. The fourth-order valence-corrected chi connectivity index (χ4v) is 5.64. The average Bonchev–Trinajstić information content (AvgIpc) is 3.45. The van der Waals surface area contributed by atoms with E-state index in [1.54, 1.807) is 18.1 Å². The van der Waals surface area contributed by atoms with Crippen molar-refractivity contribution in [2.24, 2.45) is 0 Å². The molecule has 1 saturated heterocycles. The van der Waals surface area contributed by atoms with Crippen LogP contribution < -0.4 is 5.32 Å². The van der Waals surface area contributed by atoms with Crippen LogP contribution in [0.3, 0.4) is 0 Å². The van der Waals surface area contributed by atoms with Crippen LogP contribution in [0.2, 0.25) is 0 Å². The highest BCUT2D eigenvalue weighted by atomic mass is 16.5. The maximum Gasteiger partial charge on any atom is 0.244 e. The minimum atomic E-state index is -0.250. The lowest BCUT2D eigenvalue weighted by molar-refractivity contribution is -0.134. The van der Waals surface area contributed by atoms with E-state index in [1.165, 1.54) is 11.9 Å². The molecule has 5 rings (SSSR count). The number of aromatic nitrogens is 3. The molecule has 176 valence electrons. The van der Waals surface area contributed by atoms with Crippen LogP contribution in [-0.4, -0.2) is 57.8 Å². The summed E-state index contributed by atoms with van der Waals surface area (Å²) in [7, 11) is 1.72. The average molecular weight is 460 g/mol. The Bertz CT molecular complexity index is 1140. The number of carbonyl (C=O) groups is 2. The van der Waals surface area contributed by atoms with Crippen LogP contribution in [0, 0.1) is 0 Å². The van der Waals surface area contributed by atoms with Crippen molar-refractivity contribution in [2.75, 3.05) is 20.2 Å². The summed E-state index contributed by atoms with van der Waals surface area (Å²) in [4.78, 5) is 31.6. The fraction of sp³-hybridized carbons (Fsp3) is 0.385. The molecule has 2 amide bonds. The van der Waals surface area contributed by atoms with Crippen molar-refractivity contribution < 1.29 is 14.3 Å². The van der Waals surface area contributed by atoms with Gasteiger partial charge < -0.3 is 15.0 Å². The lowest BCUT2D eigenvalue weighted by Crippen LogP contribution is -2.52. The zero-order valence-corrected chi connectivity index (χ0v) is 19.3. The summed E-state index contributed by atoms with van der Waals surface area (Å²) in [5.41, 5.74) is 3.06. The molecule has 0 saturated carbocycles. The van der Waals surface area contributed by atoms with Crippen LogP contribution in [0.5, 0.6) is 0 Å². The highest BCUT2D eigenvalue weighted by Gasteiger charge is 2.54. The van der Waals surface area contributed by atoms with Crippen molar-refractivity contribution in [2.45, 2.75) is 43.4 Å². The molecule has 1 fully saturated rings. The number of rotatable bonds is 6. The molecule has 8 nitrogen and oxygen atoms in total. The zero-order chi connectivity index (χ0) is 23.5. The van der Waals surface area contributed by atoms with Gasteiger partial charge >= 0.3 is 0 Å². The molecule has 2 atom stereocenters. The topological polar surface area (TPSA) is 89.4 Å². The summed E-state index contributed by atoms with van der Waals surface area (Å²) < 4.78 is 7.64. The van der Waals surface area contributed by atoms with E-state index in [2.05, 4.69) is 27.5 Å². The van der Waals surface area contributed by atoms with E-state index in [-0.39, 0.29) is 35.9 Å². The molecule has 2 aliphatic rings. The molecular weight excluding hydrogens is 430 g/mol. The Morgan fingerprint density at radius 3 is 2.53 bits per heavy atom. The lowest BCUT2D eigenvalue weighted by atomic mass is 9.72. The van der Waals surface area contributed by atoms with Crippen molar-refractivity contribution in [1.29, 1.82) is 0 Å². The van der Waals surface area contributed by atoms with Crippen LogP contribution in [0.15, 0.2) is 67.3 Å². The molecule has 0 bridgehead atoms. The van der Waals surface area contributed by atoms with Gasteiger partial charge in [-0.05, 0) is 29.5 Å². The van der Waals surface area contributed by atoms with Gasteiger partial charge in [0.1, 0.15) is 19.2 Å². The van der Waals surface area contributed by atoms with Gasteiger partial charge in [-0.3, -0.25) is 9.59 Å². The molecule has 1 spiro atoms. The summed E-state index contributed by atoms with van der Waals surface area (Å²) in [6, 6.07) is 17.8. The number of likely N-dealkylation sites (tertiary alicyclic amines) is 1. The van der Waals surface area contributed by atoms with Gasteiger partial charge in [-0.15, -0.1) is 0 Å². The van der Waals surface area contributed by atoms with Gasteiger partial charge in [-0.2, -0.15) is 5.10 Å². The van der Waals surface area contributed by atoms with Crippen molar-refractivity contribution in [1.82, 2.24) is 25.0 Å². The third kappa shape index (κ3) is 4.09. The number of fused-ring (bicyclic) bond motifs is 2. The standard InChI is InChI=1S/C26H29N5O3/c1-34-25-24(29-22(32)15-19-7-3-2-4-8-19)20-9-5-6-10-21(20)26(25)11-13-30(14-12-26)23(33)16-31-18-27-17-28-31/h2-10,17-18,24-25H,11-16H2,1H3,(H,29,32)/t24-,25+/m1/s1. The highest BCUT2D eigenvalue weighted by Crippen LogP contribution is 2.52. The third-order valence-electron chi connectivity index (χ3n) is 7.23. The second-order valence-corrected chi connectivity index (χ2v) is 9.08. The molecule has 34 heavy (non-hydrogen) atoms. The Balaban J connectivity index is 1.34. The van der Waals surface area contributed by atoms with Gasteiger partial charge in [0.05, 0.1) is 18.6 Å². The minimum absolute atomic E-state index is 0.0226. The van der Waals surface area contributed by atoms with E-state index < -0.39 is 0 Å². The Morgan fingerprint density at radius 2 is 1.82 bits per heavy atom. The SMILES string of the molecule is CO[C@H]1[C@H](NC(=O)Cc2ccccc2)c2ccccc2C12CCN(C(=O)Cn1cncn1)CC2. The van der Waals surface area contributed by atoms with Crippen LogP contribution in [-0.2, 0) is 32.7 Å². The number of piperidine rings is 1. The predicted molar refractivity (Wildman–Crippen MR) is 126 cm³/mol. The largest absolute Gasteiger partial charge is 0.378 e. The van der Waals surface area contributed by atoms with Gasteiger partial charge in [0.25, 0.3) is 0 Å². The van der Waals surface area contributed by atoms with E-state index in [1.807, 2.05) is 47.4 Å². The predicted octanol–water partition coefficient (Wildman–Crippen LogP) is 2.27. The second kappa shape index (κ2) is 9.38. The molecule has 2 heterocycles. The van der Waals surface area contributed by atoms with Gasteiger partial charge in [-0.1, -0.05) is 54.6 Å². The molecule has 2 aromatic carbocycles. The molecule has 1 aliphatic carbocycles. The van der Waals surface area contributed by atoms with E-state index in [0.717, 1.165) is 24.0 Å². The number of nitrogens with one attached hydrogen (secondary N) is 1. The number of carbonyl (C=O) groups excluding carboxylic acids is 2. The quantitative estimate of drug-likeness (QED) is 0.611. The van der Waals surface area contributed by atoms with Crippen LogP contribution in [0.1, 0.15) is 35.6 Å². The van der Waals surface area contributed by atoms with Crippen molar-refractivity contribution in [3.63, 3.8) is 0 Å². The van der Waals surface area contributed by atoms with Crippen molar-refractivity contribution in [3.8, 4) is 0 Å². The number of hydrogen-bond acceptors (Lipinski definition) is 5. The number of nitrogens with zero attached hydrogens (tertiary/aromatic N) is 4. The molecule has 3 aromatic rings. The Morgan fingerprint density at radius 1 is 1.09 bits per heavy atom. The summed E-state index contributed by atoms with van der Waals surface area (Å²) in [5.74, 6) is 0.0128. The first-order valence-electron chi connectivity index (χ1n) is 11.7. The third-order valence-corrected chi connectivity index (χ3v) is 7.23. The maximum atomic E-state index is 13.0. The number of methoxy groups -OCH3 is 1. The van der Waals surface area contributed by atoms with Gasteiger partial charge in [0, 0.05) is 25.6 Å². The number of benzene rings is 2. The maximum absolute atomic E-state index is 13.0. The van der Waals surface area contributed by atoms with Gasteiger partial charge in [0.2, 0.25) is 11.8 Å². The van der Waals surface area contributed by atoms with Crippen LogP contribution in [0.4, 0.5) is 0 Å². The van der Waals surface area contributed by atoms with E-state index in [0.29, 0.717) is 19.5 Å². The van der Waals surface area contributed by atoms with Crippen LogP contribution in [0.25, 0.3) is 0 Å². The smallest absolute Gasteiger partial charge is 0.244 e. The van der Waals surface area contributed by atoms with Crippen LogP contribution >= 0.6 is 0 Å². The number of amides is 2. The van der Waals surface area contributed by atoms with E-state index in [4.69, 9.17) is 4.74 Å². The molecular formula is C26H29N5O3. The summed E-state index contributed by atoms with van der Waals surface area (Å²) in [5, 5.41) is 7.30. The molecule has 0 radical (unpaired) electrons. The highest BCUT2D eigenvalue weighted by molar-refractivity contribution is 5.79. The molecule has 8 heteroatoms. The summed E-state index contributed by atoms with van der Waals surface area (Å²) >= 11 is 0. The Labute approximate surface area is 198 Å². The van der Waals surface area contributed by atoms with E-state index in [9.17, 15) is 9.59 Å². The molecule has 0 unspecified atom stereocenters. The monoisotopic (exact) mass is 459 g/mol. The fourth-order valence-electron chi connectivity index (χ4n) is 5.64. The lowest BCUT2D eigenvalue weighted by Gasteiger charge is -2.44. The second-order valence-electron chi connectivity index (χ2n) is 9.08. The Kier molecular flexibility index (Phi) is 6.15. The molecule has 1 N–H and O–H groups in total. The van der Waals surface area contributed by atoms with Gasteiger partial charge in [-0.25, -0.2) is 9.67 Å². The number of ether oxygens (including phenoxy) is 1. The normalized spacial score (nSPS) is 20.8. The zero-order valence-electron chi connectivity index (χ0n) is 19.3. The Hall–Kier alpha value is -3.52.